The SMILES string of the molecule is CCN(Cc1ccc(OC)c(F)c1)C(=O)C[NH+]1CCN(c2cccc(OC)c2)CC1. The monoisotopic (exact) mass is 416 g/mol. The van der Waals surface area contributed by atoms with E-state index in [2.05, 4.69) is 11.0 Å². The van der Waals surface area contributed by atoms with Crippen molar-refractivity contribution < 1.29 is 23.6 Å². The van der Waals surface area contributed by atoms with Gasteiger partial charge in [-0.05, 0) is 36.8 Å². The Morgan fingerprint density at radius 3 is 2.53 bits per heavy atom. The van der Waals surface area contributed by atoms with E-state index < -0.39 is 5.82 Å². The molecule has 6 nitrogen and oxygen atoms in total. The fourth-order valence-electron chi connectivity index (χ4n) is 3.80. The van der Waals surface area contributed by atoms with Crippen LogP contribution in [0.15, 0.2) is 42.5 Å². The maximum atomic E-state index is 14.0. The Kier molecular flexibility index (Phi) is 7.52. The first-order chi connectivity index (χ1) is 14.5. The van der Waals surface area contributed by atoms with E-state index in [0.29, 0.717) is 19.6 Å². The number of ether oxygens (including phenoxy) is 2. The van der Waals surface area contributed by atoms with Crippen molar-refractivity contribution in [3.05, 3.63) is 53.8 Å². The molecule has 0 radical (unpaired) electrons. The van der Waals surface area contributed by atoms with Crippen LogP contribution in [0.25, 0.3) is 0 Å². The van der Waals surface area contributed by atoms with Gasteiger partial charge < -0.3 is 24.2 Å². The zero-order valence-corrected chi connectivity index (χ0v) is 18.0. The molecular formula is C23H31FN3O3+. The number of amides is 1. The summed E-state index contributed by atoms with van der Waals surface area (Å²) in [5, 5.41) is 0. The van der Waals surface area contributed by atoms with Crippen LogP contribution in [0.4, 0.5) is 10.1 Å². The second-order valence-corrected chi connectivity index (χ2v) is 7.49. The van der Waals surface area contributed by atoms with Crippen LogP contribution in [0.3, 0.4) is 0 Å². The first-order valence-corrected chi connectivity index (χ1v) is 10.4. The zero-order valence-electron chi connectivity index (χ0n) is 18.0. The summed E-state index contributed by atoms with van der Waals surface area (Å²) in [6.07, 6.45) is 0. The number of carbonyl (C=O) groups excluding carboxylic acids is 1. The van der Waals surface area contributed by atoms with E-state index in [1.54, 1.807) is 24.1 Å². The molecule has 1 heterocycles. The molecule has 1 amide bonds. The van der Waals surface area contributed by atoms with Crippen LogP contribution in [0.5, 0.6) is 11.5 Å². The van der Waals surface area contributed by atoms with Gasteiger partial charge in [-0.3, -0.25) is 4.79 Å². The van der Waals surface area contributed by atoms with Gasteiger partial charge in [0, 0.05) is 24.8 Å². The van der Waals surface area contributed by atoms with Gasteiger partial charge in [0.1, 0.15) is 5.75 Å². The minimum atomic E-state index is -0.405. The van der Waals surface area contributed by atoms with Gasteiger partial charge in [0.2, 0.25) is 0 Å². The second-order valence-electron chi connectivity index (χ2n) is 7.49. The number of carbonyl (C=O) groups is 1. The van der Waals surface area contributed by atoms with Gasteiger partial charge in [0.15, 0.2) is 18.1 Å². The number of benzene rings is 2. The van der Waals surface area contributed by atoms with Gasteiger partial charge in [-0.25, -0.2) is 4.39 Å². The molecule has 0 saturated carbocycles. The molecule has 0 unspecified atom stereocenters. The molecule has 162 valence electrons. The number of likely N-dealkylation sites (N-methyl/N-ethyl adjacent to an activating group) is 1. The average Bonchev–Trinajstić information content (AvgIpc) is 2.78. The Morgan fingerprint density at radius 1 is 1.13 bits per heavy atom. The van der Waals surface area contributed by atoms with Gasteiger partial charge in [-0.1, -0.05) is 12.1 Å². The van der Waals surface area contributed by atoms with Crippen molar-refractivity contribution in [3.8, 4) is 11.5 Å². The van der Waals surface area contributed by atoms with E-state index in [1.807, 2.05) is 25.1 Å². The number of quaternary nitrogens is 1. The molecule has 3 rings (SSSR count). The smallest absolute Gasteiger partial charge is 0.278 e. The van der Waals surface area contributed by atoms with Crippen LogP contribution in [0, 0.1) is 5.82 Å². The number of anilines is 1. The van der Waals surface area contributed by atoms with Crippen molar-refractivity contribution in [1.82, 2.24) is 4.90 Å². The Balaban J connectivity index is 1.53. The summed E-state index contributed by atoms with van der Waals surface area (Å²) in [5.74, 6) is 0.758. The molecule has 30 heavy (non-hydrogen) atoms. The predicted molar refractivity (Wildman–Crippen MR) is 115 cm³/mol. The van der Waals surface area contributed by atoms with Crippen molar-refractivity contribution in [2.24, 2.45) is 0 Å². The number of nitrogens with zero attached hydrogens (tertiary/aromatic N) is 2. The fourth-order valence-corrected chi connectivity index (χ4v) is 3.80. The molecular weight excluding hydrogens is 385 g/mol. The summed E-state index contributed by atoms with van der Waals surface area (Å²) in [7, 11) is 3.11. The lowest BCUT2D eigenvalue weighted by Gasteiger charge is -2.34. The van der Waals surface area contributed by atoms with Crippen molar-refractivity contribution in [3.63, 3.8) is 0 Å². The minimum Gasteiger partial charge on any atom is -0.497 e. The summed E-state index contributed by atoms with van der Waals surface area (Å²) in [6, 6.07) is 12.9. The second kappa shape index (κ2) is 10.3. The van der Waals surface area contributed by atoms with Crippen LogP contribution in [0.2, 0.25) is 0 Å². The van der Waals surface area contributed by atoms with E-state index in [4.69, 9.17) is 9.47 Å². The highest BCUT2D eigenvalue weighted by molar-refractivity contribution is 5.77. The van der Waals surface area contributed by atoms with Gasteiger partial charge in [0.25, 0.3) is 5.91 Å². The molecule has 1 N–H and O–H groups in total. The molecule has 0 spiro atoms. The van der Waals surface area contributed by atoms with Crippen molar-refractivity contribution in [2.45, 2.75) is 13.5 Å². The highest BCUT2D eigenvalue weighted by Gasteiger charge is 2.25. The van der Waals surface area contributed by atoms with E-state index in [9.17, 15) is 9.18 Å². The standard InChI is InChI=1S/C23H30FN3O3/c1-4-26(16-18-8-9-22(30-3)21(24)14-18)23(28)17-25-10-12-27(13-11-25)19-6-5-7-20(15-19)29-2/h5-9,14-15H,4,10-13,16-17H2,1-3H3/p+1. The van der Waals surface area contributed by atoms with Gasteiger partial charge in [-0.15, -0.1) is 0 Å². The molecule has 1 saturated heterocycles. The highest BCUT2D eigenvalue weighted by atomic mass is 19.1. The average molecular weight is 417 g/mol. The summed E-state index contributed by atoms with van der Waals surface area (Å²) in [4.78, 5) is 18.2. The first-order valence-electron chi connectivity index (χ1n) is 10.4. The lowest BCUT2D eigenvalue weighted by molar-refractivity contribution is -0.892. The van der Waals surface area contributed by atoms with Crippen molar-refractivity contribution in [1.29, 1.82) is 0 Å². The fraction of sp³-hybridized carbons (Fsp3) is 0.435. The molecule has 1 aliphatic rings. The number of rotatable bonds is 8. The summed E-state index contributed by atoms with van der Waals surface area (Å²) in [6.45, 7) is 6.99. The van der Waals surface area contributed by atoms with Gasteiger partial charge in [-0.2, -0.15) is 0 Å². The molecule has 7 heteroatoms. The molecule has 0 atom stereocenters. The Hall–Kier alpha value is -2.80. The van der Waals surface area contributed by atoms with Crippen LogP contribution >= 0.6 is 0 Å². The highest BCUT2D eigenvalue weighted by Crippen LogP contribution is 2.21. The van der Waals surface area contributed by atoms with Gasteiger partial charge >= 0.3 is 0 Å². The Bertz CT molecular complexity index is 853. The summed E-state index contributed by atoms with van der Waals surface area (Å²) in [5.41, 5.74) is 1.91. The third-order valence-electron chi connectivity index (χ3n) is 5.61. The van der Waals surface area contributed by atoms with Crippen LogP contribution in [-0.4, -0.2) is 64.3 Å². The number of hydrogen-bond donors (Lipinski definition) is 1. The molecule has 2 aromatic carbocycles. The maximum Gasteiger partial charge on any atom is 0.278 e. The van der Waals surface area contributed by atoms with E-state index in [-0.39, 0.29) is 11.7 Å². The van der Waals surface area contributed by atoms with Crippen LogP contribution in [0.1, 0.15) is 12.5 Å². The van der Waals surface area contributed by atoms with E-state index in [1.165, 1.54) is 18.1 Å². The Morgan fingerprint density at radius 2 is 1.90 bits per heavy atom. The van der Waals surface area contributed by atoms with Crippen LogP contribution in [-0.2, 0) is 11.3 Å². The number of nitrogens with one attached hydrogen (secondary N) is 1. The minimum absolute atomic E-state index is 0.0959. The maximum absolute atomic E-state index is 14.0. The molecule has 0 aromatic heterocycles. The topological polar surface area (TPSA) is 46.5 Å². The summed E-state index contributed by atoms with van der Waals surface area (Å²) < 4.78 is 24.2. The number of hydrogen-bond acceptors (Lipinski definition) is 4. The van der Waals surface area contributed by atoms with Crippen molar-refractivity contribution >= 4 is 11.6 Å². The van der Waals surface area contributed by atoms with Crippen LogP contribution < -0.4 is 19.3 Å². The molecule has 0 aliphatic carbocycles. The lowest BCUT2D eigenvalue weighted by atomic mass is 10.2. The third kappa shape index (κ3) is 5.42. The number of piperazine rings is 1. The normalized spacial score (nSPS) is 14.5. The largest absolute Gasteiger partial charge is 0.497 e. The predicted octanol–water partition coefficient (Wildman–Crippen LogP) is 1.60. The first kappa shape index (κ1) is 21.9. The Labute approximate surface area is 177 Å². The molecule has 0 bridgehead atoms. The van der Waals surface area contributed by atoms with Crippen molar-refractivity contribution in [2.75, 3.05) is 58.4 Å². The summed E-state index contributed by atoms with van der Waals surface area (Å²) >= 11 is 0. The van der Waals surface area contributed by atoms with E-state index in [0.717, 1.165) is 43.2 Å². The zero-order chi connectivity index (χ0) is 21.5. The third-order valence-corrected chi connectivity index (χ3v) is 5.61. The number of methoxy groups -OCH3 is 2. The molecule has 2 aromatic rings. The molecule has 1 fully saturated rings. The molecule has 1 aliphatic heterocycles. The quantitative estimate of drug-likeness (QED) is 0.710. The van der Waals surface area contributed by atoms with Gasteiger partial charge in [0.05, 0.1) is 40.4 Å². The number of halogens is 1. The lowest BCUT2D eigenvalue weighted by Crippen LogP contribution is -3.15. The van der Waals surface area contributed by atoms with E-state index >= 15 is 0 Å².